The summed E-state index contributed by atoms with van der Waals surface area (Å²) in [5, 5.41) is 2.67. The van der Waals surface area contributed by atoms with Crippen LogP contribution >= 0.6 is 0 Å². The number of alkyl carbamates (subject to hydrolysis) is 1. The molecule has 2 aromatic heterocycles. The number of hydrogen-bond donors (Lipinski definition) is 3. The van der Waals surface area contributed by atoms with Crippen LogP contribution in [0.1, 0.15) is 95.3 Å². The highest BCUT2D eigenvalue weighted by atomic mass is 16.6. The Morgan fingerprint density at radius 3 is 2.24 bits per heavy atom. The molecule has 2 aliphatic heterocycles. The van der Waals surface area contributed by atoms with Gasteiger partial charge in [-0.1, -0.05) is 56.2 Å². The first-order valence-corrected chi connectivity index (χ1v) is 18.4. The third-order valence-corrected chi connectivity index (χ3v) is 9.50. The largest absolute Gasteiger partial charge is 0.453 e. The maximum atomic E-state index is 13.5. The third kappa shape index (κ3) is 8.78. The Morgan fingerprint density at radius 1 is 0.870 bits per heavy atom. The Kier molecular flexibility index (Phi) is 11.4. The van der Waals surface area contributed by atoms with Crippen LogP contribution in [-0.4, -0.2) is 79.7 Å². The van der Waals surface area contributed by atoms with Crippen molar-refractivity contribution in [3.63, 3.8) is 0 Å². The maximum Gasteiger partial charge on any atom is 0.410 e. The van der Waals surface area contributed by atoms with E-state index in [1.165, 1.54) is 7.11 Å². The van der Waals surface area contributed by atoms with Gasteiger partial charge in [-0.25, -0.2) is 19.6 Å². The summed E-state index contributed by atoms with van der Waals surface area (Å²) in [5.41, 5.74) is 4.58. The summed E-state index contributed by atoms with van der Waals surface area (Å²) in [6.45, 7) is 10.6. The van der Waals surface area contributed by atoms with Gasteiger partial charge in [-0.05, 0) is 93.4 Å². The van der Waals surface area contributed by atoms with Crippen LogP contribution in [0.15, 0.2) is 60.9 Å². The molecule has 4 aromatic rings. The van der Waals surface area contributed by atoms with E-state index in [-0.39, 0.29) is 30.0 Å². The molecule has 0 aliphatic carbocycles. The van der Waals surface area contributed by atoms with Crippen molar-refractivity contribution in [2.45, 2.75) is 84.0 Å². The Hall–Kier alpha value is -6.01. The highest BCUT2D eigenvalue weighted by molar-refractivity contribution is 5.86. The maximum absolute atomic E-state index is 13.5. The van der Waals surface area contributed by atoms with E-state index in [1.807, 2.05) is 83.3 Å². The lowest BCUT2D eigenvalue weighted by atomic mass is 9.96. The topological polar surface area (TPSA) is 146 Å². The monoisotopic (exact) mass is 729 g/mol. The molecule has 0 spiro atoms. The van der Waals surface area contributed by atoms with E-state index in [2.05, 4.69) is 55.0 Å². The lowest BCUT2D eigenvalue weighted by Crippen LogP contribution is -2.51. The molecule has 280 valence electrons. The number of likely N-dealkylation sites (tertiary alicyclic amines) is 2. The number of carbonyl (C=O) groups is 3. The van der Waals surface area contributed by atoms with E-state index < -0.39 is 17.7 Å². The van der Waals surface area contributed by atoms with Gasteiger partial charge in [0, 0.05) is 24.2 Å². The molecule has 2 fully saturated rings. The fourth-order valence-corrected chi connectivity index (χ4v) is 6.88. The summed E-state index contributed by atoms with van der Waals surface area (Å²) in [4.78, 5) is 57.8. The van der Waals surface area contributed by atoms with Crippen molar-refractivity contribution in [3.8, 4) is 46.1 Å². The highest BCUT2D eigenvalue weighted by Gasteiger charge is 2.38. The number of carbonyl (C=O) groups excluding carboxylic acids is 3. The summed E-state index contributed by atoms with van der Waals surface area (Å²) in [7, 11) is 1.28. The first kappa shape index (κ1) is 37.7. The van der Waals surface area contributed by atoms with E-state index in [0.717, 1.165) is 59.5 Å². The van der Waals surface area contributed by atoms with Crippen LogP contribution in [0.25, 0.3) is 22.4 Å². The van der Waals surface area contributed by atoms with Gasteiger partial charge >= 0.3 is 12.2 Å². The average molecular weight is 730 g/mol. The van der Waals surface area contributed by atoms with Crippen molar-refractivity contribution in [2.75, 3.05) is 20.2 Å². The number of aromatic nitrogens is 4. The number of aromatic amines is 2. The Labute approximate surface area is 316 Å². The van der Waals surface area contributed by atoms with E-state index in [4.69, 9.17) is 9.47 Å². The molecule has 0 saturated carbocycles. The minimum Gasteiger partial charge on any atom is -0.453 e. The van der Waals surface area contributed by atoms with Gasteiger partial charge in [-0.3, -0.25) is 9.69 Å². The number of nitrogens with zero attached hydrogens (tertiary/aromatic N) is 4. The zero-order valence-electron chi connectivity index (χ0n) is 31.7. The van der Waals surface area contributed by atoms with Crippen LogP contribution in [0.4, 0.5) is 9.59 Å². The smallest absolute Gasteiger partial charge is 0.410 e. The van der Waals surface area contributed by atoms with Crippen LogP contribution < -0.4 is 5.32 Å². The van der Waals surface area contributed by atoms with Gasteiger partial charge in [0.15, 0.2) is 0 Å². The predicted molar refractivity (Wildman–Crippen MR) is 205 cm³/mol. The van der Waals surface area contributed by atoms with Gasteiger partial charge in [0.25, 0.3) is 0 Å². The molecule has 12 heteroatoms. The summed E-state index contributed by atoms with van der Waals surface area (Å²) in [6, 6.07) is 15.0. The third-order valence-electron chi connectivity index (χ3n) is 9.50. The number of rotatable bonds is 7. The van der Waals surface area contributed by atoms with Gasteiger partial charge in [0.2, 0.25) is 5.91 Å². The first-order chi connectivity index (χ1) is 25.9. The number of benzene rings is 2. The molecule has 3 amide bonds. The standard InChI is InChI=1S/C42H47N7O5/c1-27(2)36(47-40(51)53-6)39(50)48-22-12-18-34(48)37-43-25-31(45-37)17-11-10-16-29-20-21-30(24-32(29)28-14-8-7-9-15-28)33-26-44-38(46-33)35-19-13-23-49(35)41(52)54-42(3,4)5/h7-9,14-15,20-21,24-27,34-36H,12-13,18-19,22-23H2,1-6H3,(H,43,45)(H,44,46)(H,47,51)/t34-,35-,36-/m0/s1. The van der Waals surface area contributed by atoms with Crippen LogP contribution in [-0.2, 0) is 14.3 Å². The van der Waals surface area contributed by atoms with E-state index in [1.54, 1.807) is 16.0 Å². The molecule has 0 unspecified atom stereocenters. The van der Waals surface area contributed by atoms with Crippen LogP contribution in [0.2, 0.25) is 0 Å². The van der Waals surface area contributed by atoms with E-state index in [9.17, 15) is 14.4 Å². The van der Waals surface area contributed by atoms with E-state index in [0.29, 0.717) is 24.6 Å². The zero-order valence-corrected chi connectivity index (χ0v) is 31.7. The van der Waals surface area contributed by atoms with Crippen molar-refractivity contribution >= 4 is 18.1 Å². The average Bonchev–Trinajstić information content (AvgIpc) is 3.98. The van der Waals surface area contributed by atoms with E-state index >= 15 is 0 Å². The lowest BCUT2D eigenvalue weighted by molar-refractivity contribution is -0.135. The Bertz CT molecular complexity index is 2110. The van der Waals surface area contributed by atoms with Crippen molar-refractivity contribution < 1.29 is 23.9 Å². The molecule has 2 saturated heterocycles. The second kappa shape index (κ2) is 16.3. The SMILES string of the molecule is COC(=O)N[C@H](C(=O)N1CCC[C@H]1c1ncc(C#CC#Cc2ccc(-c3cnc([C@@H]4CCCN4C(=O)OC(C)(C)C)[nH]3)cc2-c2ccccc2)[nH]1)C(C)C. The lowest BCUT2D eigenvalue weighted by Gasteiger charge is -2.29. The number of methoxy groups -OCH3 is 1. The van der Waals surface area contributed by atoms with Gasteiger partial charge < -0.3 is 29.7 Å². The second-order valence-corrected chi connectivity index (χ2v) is 14.9. The first-order valence-electron chi connectivity index (χ1n) is 18.4. The van der Waals surface area contributed by atoms with Gasteiger partial charge in [0.1, 0.15) is 29.0 Å². The number of amides is 3. The van der Waals surface area contributed by atoms with Crippen molar-refractivity contribution in [1.82, 2.24) is 35.1 Å². The van der Waals surface area contributed by atoms with Gasteiger partial charge in [-0.2, -0.15) is 0 Å². The second-order valence-electron chi connectivity index (χ2n) is 14.9. The predicted octanol–water partition coefficient (Wildman–Crippen LogP) is 6.99. The normalized spacial score (nSPS) is 17.3. The summed E-state index contributed by atoms with van der Waals surface area (Å²) in [5.74, 6) is 13.3. The van der Waals surface area contributed by atoms with Gasteiger partial charge in [0.05, 0.1) is 37.3 Å². The Balaban J connectivity index is 1.19. The van der Waals surface area contributed by atoms with Crippen LogP contribution in [0, 0.1) is 29.6 Å². The molecule has 12 nitrogen and oxygen atoms in total. The van der Waals surface area contributed by atoms with Crippen LogP contribution in [0.3, 0.4) is 0 Å². The molecule has 6 rings (SSSR count). The summed E-state index contributed by atoms with van der Waals surface area (Å²) in [6.07, 6.45) is 5.76. The van der Waals surface area contributed by atoms with Crippen molar-refractivity contribution in [1.29, 1.82) is 0 Å². The molecule has 4 heterocycles. The molecular formula is C42H47N7O5. The Morgan fingerprint density at radius 2 is 1.54 bits per heavy atom. The molecule has 2 aliphatic rings. The fourth-order valence-electron chi connectivity index (χ4n) is 6.88. The summed E-state index contributed by atoms with van der Waals surface area (Å²) >= 11 is 0. The molecule has 2 aromatic carbocycles. The quantitative estimate of drug-likeness (QED) is 0.174. The molecule has 54 heavy (non-hydrogen) atoms. The van der Waals surface area contributed by atoms with Crippen molar-refractivity contribution in [3.05, 3.63) is 83.8 Å². The highest BCUT2D eigenvalue weighted by Crippen LogP contribution is 2.35. The van der Waals surface area contributed by atoms with Gasteiger partial charge in [-0.15, -0.1) is 0 Å². The molecule has 3 N–H and O–H groups in total. The zero-order chi connectivity index (χ0) is 38.4. The molecular weight excluding hydrogens is 683 g/mol. The number of ether oxygens (including phenoxy) is 2. The minimum absolute atomic E-state index is 0.119. The number of hydrogen-bond acceptors (Lipinski definition) is 7. The summed E-state index contributed by atoms with van der Waals surface area (Å²) < 4.78 is 10.4. The van der Waals surface area contributed by atoms with Crippen molar-refractivity contribution in [2.24, 2.45) is 5.92 Å². The fraction of sp³-hybridized carbons (Fsp3) is 0.405. The number of imidazole rings is 2. The number of nitrogens with one attached hydrogen (secondary N) is 3. The minimum atomic E-state index is -0.706. The number of H-pyrrole nitrogens is 2. The molecule has 3 atom stereocenters. The van der Waals surface area contributed by atoms with Crippen LogP contribution in [0.5, 0.6) is 0 Å². The molecule has 0 radical (unpaired) electrons. The molecule has 0 bridgehead atoms.